The maximum absolute atomic E-state index is 12.4. The van der Waals surface area contributed by atoms with Gasteiger partial charge in [0, 0.05) is 45.8 Å². The first-order valence-corrected chi connectivity index (χ1v) is 9.26. The number of ether oxygens (including phenoxy) is 1. The molecule has 0 radical (unpaired) electrons. The average molecular weight is 319 g/mol. The van der Waals surface area contributed by atoms with Crippen LogP contribution in [0.25, 0.3) is 0 Å². The van der Waals surface area contributed by atoms with Crippen molar-refractivity contribution in [1.29, 1.82) is 0 Å². The normalized spacial score (nSPS) is 35.1. The van der Waals surface area contributed by atoms with Gasteiger partial charge in [-0.3, -0.25) is 14.6 Å². The summed E-state index contributed by atoms with van der Waals surface area (Å²) in [5.41, 5.74) is 0. The number of allylic oxidation sites excluding steroid dienone is 2. The maximum atomic E-state index is 12.4. The lowest BCUT2D eigenvalue weighted by atomic mass is 9.93. The number of carbonyl (C=O) groups excluding carboxylic acids is 1. The van der Waals surface area contributed by atoms with Gasteiger partial charge < -0.3 is 9.64 Å². The molecule has 23 heavy (non-hydrogen) atoms. The first kappa shape index (κ1) is 15.6. The maximum Gasteiger partial charge on any atom is 0.236 e. The summed E-state index contributed by atoms with van der Waals surface area (Å²) >= 11 is 0. The molecule has 0 unspecified atom stereocenters. The van der Waals surface area contributed by atoms with Crippen molar-refractivity contribution < 1.29 is 9.53 Å². The van der Waals surface area contributed by atoms with E-state index in [4.69, 9.17) is 4.74 Å². The topological polar surface area (TPSA) is 36.0 Å². The van der Waals surface area contributed by atoms with Gasteiger partial charge in [-0.1, -0.05) is 12.2 Å². The van der Waals surface area contributed by atoms with Crippen LogP contribution in [-0.2, 0) is 9.53 Å². The Morgan fingerprint density at radius 2 is 1.74 bits per heavy atom. The third-order valence-corrected chi connectivity index (χ3v) is 6.10. The summed E-state index contributed by atoms with van der Waals surface area (Å²) in [4.78, 5) is 19.3. The van der Waals surface area contributed by atoms with Gasteiger partial charge in [0.1, 0.15) is 0 Å². The number of hydrogen-bond donors (Lipinski definition) is 0. The number of morpholine rings is 1. The van der Waals surface area contributed by atoms with Crippen molar-refractivity contribution in [3.63, 3.8) is 0 Å². The van der Waals surface area contributed by atoms with Crippen molar-refractivity contribution in [2.45, 2.75) is 12.8 Å². The van der Waals surface area contributed by atoms with Crippen molar-refractivity contribution in [1.82, 2.24) is 14.7 Å². The molecular formula is C18H29N3O2. The van der Waals surface area contributed by atoms with Crippen LogP contribution in [0, 0.1) is 17.8 Å². The van der Waals surface area contributed by atoms with Gasteiger partial charge in [0.2, 0.25) is 5.91 Å². The van der Waals surface area contributed by atoms with E-state index < -0.39 is 0 Å². The molecular weight excluding hydrogens is 290 g/mol. The van der Waals surface area contributed by atoms with Crippen molar-refractivity contribution in [2.24, 2.45) is 17.8 Å². The van der Waals surface area contributed by atoms with Gasteiger partial charge in [-0.25, -0.2) is 0 Å². The van der Waals surface area contributed by atoms with Crippen LogP contribution in [-0.4, -0.2) is 86.2 Å². The van der Waals surface area contributed by atoms with E-state index in [1.165, 1.54) is 19.4 Å². The zero-order valence-electron chi connectivity index (χ0n) is 14.0. The summed E-state index contributed by atoms with van der Waals surface area (Å²) in [7, 11) is 0. The molecule has 5 nitrogen and oxygen atoms in total. The van der Waals surface area contributed by atoms with Gasteiger partial charge >= 0.3 is 0 Å². The van der Waals surface area contributed by atoms with Crippen LogP contribution in [0.3, 0.4) is 0 Å². The number of nitrogens with zero attached hydrogens (tertiary/aromatic N) is 3. The van der Waals surface area contributed by atoms with E-state index in [2.05, 4.69) is 26.9 Å². The molecule has 0 aromatic rings. The largest absolute Gasteiger partial charge is 0.379 e. The van der Waals surface area contributed by atoms with Gasteiger partial charge in [-0.15, -0.1) is 0 Å². The van der Waals surface area contributed by atoms with E-state index in [9.17, 15) is 4.79 Å². The Hall–Kier alpha value is -0.910. The molecule has 0 aromatic carbocycles. The summed E-state index contributed by atoms with van der Waals surface area (Å²) < 4.78 is 5.35. The summed E-state index contributed by atoms with van der Waals surface area (Å²) in [6.45, 7) is 9.01. The molecule has 3 fully saturated rings. The molecule has 4 rings (SSSR count). The third-order valence-electron chi connectivity index (χ3n) is 6.10. The smallest absolute Gasteiger partial charge is 0.236 e. The van der Waals surface area contributed by atoms with Crippen LogP contribution in [0.15, 0.2) is 12.2 Å². The molecule has 3 atom stereocenters. The molecule has 2 aliphatic heterocycles. The fourth-order valence-corrected chi connectivity index (χ4v) is 4.67. The van der Waals surface area contributed by atoms with Crippen molar-refractivity contribution >= 4 is 5.91 Å². The molecule has 0 aromatic heterocycles. The minimum Gasteiger partial charge on any atom is -0.379 e. The van der Waals surface area contributed by atoms with Gasteiger partial charge in [-0.2, -0.15) is 0 Å². The molecule has 128 valence electrons. The Kier molecular flexibility index (Phi) is 4.69. The van der Waals surface area contributed by atoms with E-state index >= 15 is 0 Å². The van der Waals surface area contributed by atoms with Crippen LogP contribution in [0.5, 0.6) is 0 Å². The predicted molar refractivity (Wildman–Crippen MR) is 89.1 cm³/mol. The number of rotatable bonds is 4. The van der Waals surface area contributed by atoms with E-state index in [1.807, 2.05) is 0 Å². The van der Waals surface area contributed by atoms with Gasteiger partial charge in [0.05, 0.1) is 19.8 Å². The van der Waals surface area contributed by atoms with E-state index in [1.54, 1.807) is 0 Å². The summed E-state index contributed by atoms with van der Waals surface area (Å²) in [6, 6.07) is 0. The highest BCUT2D eigenvalue weighted by molar-refractivity contribution is 5.78. The minimum absolute atomic E-state index is 0.300. The molecule has 2 saturated heterocycles. The fraction of sp³-hybridized carbons (Fsp3) is 0.833. The zero-order valence-corrected chi connectivity index (χ0v) is 14.0. The first-order chi connectivity index (χ1) is 11.3. The fourth-order valence-electron chi connectivity index (χ4n) is 4.67. The Balaban J connectivity index is 1.20. The number of piperazine rings is 1. The van der Waals surface area contributed by atoms with Crippen molar-refractivity contribution in [2.75, 3.05) is 65.6 Å². The molecule has 4 aliphatic rings. The van der Waals surface area contributed by atoms with Crippen LogP contribution in [0.1, 0.15) is 12.8 Å². The lowest BCUT2D eigenvalue weighted by Gasteiger charge is -2.38. The lowest BCUT2D eigenvalue weighted by molar-refractivity contribution is -0.135. The number of amides is 1. The van der Waals surface area contributed by atoms with Gasteiger partial charge in [0.25, 0.3) is 0 Å². The number of carbonyl (C=O) groups is 1. The van der Waals surface area contributed by atoms with Gasteiger partial charge in [-0.05, 0) is 30.6 Å². The van der Waals surface area contributed by atoms with Crippen molar-refractivity contribution in [3.05, 3.63) is 12.2 Å². The lowest BCUT2D eigenvalue weighted by Crippen LogP contribution is -2.53. The Bertz CT molecular complexity index is 453. The SMILES string of the molecule is O=C(CN1CCOCC1)N1CCN(C[C@@H]2C[C@H]3C=C[C@H]2C3)CC1. The molecule has 1 amide bonds. The highest BCUT2D eigenvalue weighted by atomic mass is 16.5. The highest BCUT2D eigenvalue weighted by Crippen LogP contribution is 2.43. The molecule has 2 bridgehead atoms. The highest BCUT2D eigenvalue weighted by Gasteiger charge is 2.36. The van der Waals surface area contributed by atoms with Crippen LogP contribution >= 0.6 is 0 Å². The van der Waals surface area contributed by atoms with Crippen LogP contribution in [0.2, 0.25) is 0 Å². The molecule has 0 spiro atoms. The second-order valence-corrected chi connectivity index (χ2v) is 7.61. The van der Waals surface area contributed by atoms with E-state index in [-0.39, 0.29) is 0 Å². The summed E-state index contributed by atoms with van der Waals surface area (Å²) in [5.74, 6) is 2.86. The Morgan fingerprint density at radius 1 is 0.957 bits per heavy atom. The summed E-state index contributed by atoms with van der Waals surface area (Å²) in [6.07, 6.45) is 7.64. The van der Waals surface area contributed by atoms with E-state index in [0.29, 0.717) is 12.5 Å². The Morgan fingerprint density at radius 3 is 2.39 bits per heavy atom. The van der Waals surface area contributed by atoms with E-state index in [0.717, 1.165) is 70.2 Å². The second-order valence-electron chi connectivity index (χ2n) is 7.61. The molecule has 2 heterocycles. The molecule has 0 N–H and O–H groups in total. The standard InChI is InChI=1S/C18H29N3O2/c22-18(14-20-7-9-23-10-8-20)21-5-3-19(4-6-21)13-17-12-15-1-2-16(17)11-15/h1-2,15-17H,3-14H2/t15-,16-,17-/m0/s1. The zero-order chi connectivity index (χ0) is 15.6. The van der Waals surface area contributed by atoms with Crippen LogP contribution < -0.4 is 0 Å². The quantitative estimate of drug-likeness (QED) is 0.714. The third kappa shape index (κ3) is 3.62. The summed E-state index contributed by atoms with van der Waals surface area (Å²) in [5, 5.41) is 0. The van der Waals surface area contributed by atoms with Crippen LogP contribution in [0.4, 0.5) is 0 Å². The monoisotopic (exact) mass is 319 g/mol. The first-order valence-electron chi connectivity index (χ1n) is 9.26. The minimum atomic E-state index is 0.300. The predicted octanol–water partition coefficient (Wildman–Crippen LogP) is 0.675. The molecule has 2 aliphatic carbocycles. The number of hydrogen-bond acceptors (Lipinski definition) is 4. The number of fused-ring (bicyclic) bond motifs is 2. The average Bonchev–Trinajstić information content (AvgIpc) is 3.19. The Labute approximate surface area is 139 Å². The van der Waals surface area contributed by atoms with Crippen molar-refractivity contribution in [3.8, 4) is 0 Å². The second kappa shape index (κ2) is 6.91. The molecule has 1 saturated carbocycles. The molecule has 5 heteroatoms. The van der Waals surface area contributed by atoms with Gasteiger partial charge in [0.15, 0.2) is 0 Å².